The van der Waals surface area contributed by atoms with E-state index in [1.54, 1.807) is 6.07 Å². The highest BCUT2D eigenvalue weighted by atomic mass is 16.1. The Balaban J connectivity index is 2.19. The minimum Gasteiger partial charge on any atom is -0.398 e. The number of H-pyrrole nitrogens is 1. The van der Waals surface area contributed by atoms with E-state index < -0.39 is 0 Å². The van der Waals surface area contributed by atoms with Gasteiger partial charge in [-0.2, -0.15) is 5.10 Å². The summed E-state index contributed by atoms with van der Waals surface area (Å²) < 4.78 is 0. The molecule has 1 heterocycles. The highest BCUT2D eigenvalue weighted by Crippen LogP contribution is 2.18. The third kappa shape index (κ3) is 2.73. The number of carbonyl (C=O) groups excluding carboxylic acids is 1. The van der Waals surface area contributed by atoms with E-state index in [1.165, 1.54) is 6.33 Å². The maximum absolute atomic E-state index is 12.2. The van der Waals surface area contributed by atoms with Crippen LogP contribution in [0.3, 0.4) is 0 Å². The summed E-state index contributed by atoms with van der Waals surface area (Å²) in [6.45, 7) is 5.65. The maximum atomic E-state index is 12.2. The SMILES string of the molecule is Cc1cc(C)c(C(=O)NC(C)c2ncn[nH]2)cc1N. The zero-order valence-corrected chi connectivity index (χ0v) is 11.2. The largest absolute Gasteiger partial charge is 0.398 e. The van der Waals surface area contributed by atoms with Crippen LogP contribution >= 0.6 is 0 Å². The number of nitrogen functional groups attached to an aromatic ring is 1. The van der Waals surface area contributed by atoms with Crippen LogP contribution in [-0.2, 0) is 0 Å². The van der Waals surface area contributed by atoms with E-state index in [0.717, 1.165) is 11.1 Å². The van der Waals surface area contributed by atoms with Crippen LogP contribution in [0.25, 0.3) is 0 Å². The predicted molar refractivity (Wildman–Crippen MR) is 72.6 cm³/mol. The van der Waals surface area contributed by atoms with Gasteiger partial charge in [0, 0.05) is 11.3 Å². The smallest absolute Gasteiger partial charge is 0.252 e. The number of nitrogens with zero attached hydrogens (tertiary/aromatic N) is 2. The summed E-state index contributed by atoms with van der Waals surface area (Å²) in [5.74, 6) is 0.444. The number of benzene rings is 1. The topological polar surface area (TPSA) is 96.7 Å². The maximum Gasteiger partial charge on any atom is 0.252 e. The van der Waals surface area contributed by atoms with Gasteiger partial charge in [0.25, 0.3) is 5.91 Å². The molecule has 100 valence electrons. The van der Waals surface area contributed by atoms with Crippen molar-refractivity contribution in [2.75, 3.05) is 5.73 Å². The van der Waals surface area contributed by atoms with Gasteiger partial charge in [0.2, 0.25) is 0 Å². The quantitative estimate of drug-likeness (QED) is 0.727. The Morgan fingerprint density at radius 1 is 1.37 bits per heavy atom. The molecule has 1 aromatic heterocycles. The van der Waals surface area contributed by atoms with E-state index in [1.807, 2.05) is 26.8 Å². The van der Waals surface area contributed by atoms with Crippen LogP contribution in [0.4, 0.5) is 5.69 Å². The lowest BCUT2D eigenvalue weighted by Crippen LogP contribution is -2.28. The first kappa shape index (κ1) is 13.1. The van der Waals surface area contributed by atoms with Gasteiger partial charge in [-0.15, -0.1) is 0 Å². The molecule has 0 saturated carbocycles. The Kier molecular flexibility index (Phi) is 3.50. The summed E-state index contributed by atoms with van der Waals surface area (Å²) in [4.78, 5) is 16.2. The molecule has 19 heavy (non-hydrogen) atoms. The molecule has 0 fully saturated rings. The molecule has 0 bridgehead atoms. The monoisotopic (exact) mass is 259 g/mol. The number of aromatic amines is 1. The minimum atomic E-state index is -0.239. The fourth-order valence-corrected chi connectivity index (χ4v) is 1.88. The first-order valence-electron chi connectivity index (χ1n) is 6.02. The molecule has 1 aromatic carbocycles. The third-order valence-corrected chi connectivity index (χ3v) is 3.05. The molecule has 2 rings (SSSR count). The number of aromatic nitrogens is 3. The zero-order chi connectivity index (χ0) is 14.0. The van der Waals surface area contributed by atoms with Crippen LogP contribution in [0.1, 0.15) is 40.3 Å². The molecule has 0 aliphatic carbocycles. The molecule has 2 aromatic rings. The number of nitrogens with one attached hydrogen (secondary N) is 2. The van der Waals surface area contributed by atoms with Gasteiger partial charge in [0.1, 0.15) is 12.2 Å². The molecule has 1 unspecified atom stereocenters. The third-order valence-electron chi connectivity index (χ3n) is 3.05. The average molecular weight is 259 g/mol. The Morgan fingerprint density at radius 3 is 2.74 bits per heavy atom. The van der Waals surface area contributed by atoms with Crippen molar-refractivity contribution in [3.63, 3.8) is 0 Å². The van der Waals surface area contributed by atoms with Crippen molar-refractivity contribution in [1.82, 2.24) is 20.5 Å². The fraction of sp³-hybridized carbons (Fsp3) is 0.308. The van der Waals surface area contributed by atoms with E-state index in [4.69, 9.17) is 5.73 Å². The Bertz CT molecular complexity index is 591. The van der Waals surface area contributed by atoms with Crippen molar-refractivity contribution in [2.45, 2.75) is 26.8 Å². The summed E-state index contributed by atoms with van der Waals surface area (Å²) in [7, 11) is 0. The fourth-order valence-electron chi connectivity index (χ4n) is 1.88. The van der Waals surface area contributed by atoms with Crippen molar-refractivity contribution in [1.29, 1.82) is 0 Å². The molecular formula is C13H17N5O. The normalized spacial score (nSPS) is 12.2. The second-order valence-corrected chi connectivity index (χ2v) is 4.59. The highest BCUT2D eigenvalue weighted by molar-refractivity contribution is 5.96. The van der Waals surface area contributed by atoms with Crippen LogP contribution in [-0.4, -0.2) is 21.1 Å². The van der Waals surface area contributed by atoms with E-state index in [-0.39, 0.29) is 11.9 Å². The average Bonchev–Trinajstić information content (AvgIpc) is 2.87. The summed E-state index contributed by atoms with van der Waals surface area (Å²) >= 11 is 0. The van der Waals surface area contributed by atoms with Gasteiger partial charge in [0.15, 0.2) is 0 Å². The van der Waals surface area contributed by atoms with Gasteiger partial charge in [-0.1, -0.05) is 6.07 Å². The summed E-state index contributed by atoms with van der Waals surface area (Å²) in [6.07, 6.45) is 1.41. The zero-order valence-electron chi connectivity index (χ0n) is 11.2. The Labute approximate surface area is 111 Å². The molecule has 0 aliphatic heterocycles. The molecule has 0 spiro atoms. The molecule has 1 atom stereocenters. The van der Waals surface area contributed by atoms with Crippen molar-refractivity contribution in [3.05, 3.63) is 41.0 Å². The lowest BCUT2D eigenvalue weighted by molar-refractivity contribution is 0.0938. The first-order chi connectivity index (χ1) is 8.99. The van der Waals surface area contributed by atoms with E-state index in [9.17, 15) is 4.79 Å². The van der Waals surface area contributed by atoms with Crippen LogP contribution < -0.4 is 11.1 Å². The van der Waals surface area contributed by atoms with Gasteiger partial charge < -0.3 is 11.1 Å². The second-order valence-electron chi connectivity index (χ2n) is 4.59. The minimum absolute atomic E-state index is 0.173. The van der Waals surface area contributed by atoms with Crippen molar-refractivity contribution < 1.29 is 4.79 Å². The van der Waals surface area contributed by atoms with Crippen molar-refractivity contribution in [2.24, 2.45) is 0 Å². The van der Waals surface area contributed by atoms with Gasteiger partial charge in [0.05, 0.1) is 6.04 Å². The molecule has 6 heteroatoms. The molecule has 1 amide bonds. The highest BCUT2D eigenvalue weighted by Gasteiger charge is 2.15. The summed E-state index contributed by atoms with van der Waals surface area (Å²) in [5.41, 5.74) is 8.90. The molecule has 4 N–H and O–H groups in total. The number of amides is 1. The molecule has 0 aliphatic rings. The summed E-state index contributed by atoms with van der Waals surface area (Å²) in [5, 5.41) is 9.35. The number of anilines is 1. The number of hydrogen-bond acceptors (Lipinski definition) is 4. The molecular weight excluding hydrogens is 242 g/mol. The second kappa shape index (κ2) is 5.09. The van der Waals surface area contributed by atoms with Crippen LogP contribution in [0, 0.1) is 13.8 Å². The lowest BCUT2D eigenvalue weighted by atomic mass is 10.0. The van der Waals surface area contributed by atoms with Gasteiger partial charge >= 0.3 is 0 Å². The Morgan fingerprint density at radius 2 is 2.11 bits per heavy atom. The van der Waals surface area contributed by atoms with E-state index in [2.05, 4.69) is 20.5 Å². The van der Waals surface area contributed by atoms with Crippen molar-refractivity contribution >= 4 is 11.6 Å². The number of nitrogens with two attached hydrogens (primary N) is 1. The standard InChI is InChI=1S/C13H17N5O/c1-7-4-8(2)11(14)5-10(7)13(19)17-9(3)12-15-6-16-18-12/h4-6,9H,14H2,1-3H3,(H,17,19)(H,15,16,18). The Hall–Kier alpha value is -2.37. The number of carbonyl (C=O) groups is 1. The van der Waals surface area contributed by atoms with E-state index in [0.29, 0.717) is 17.1 Å². The molecule has 0 radical (unpaired) electrons. The number of rotatable bonds is 3. The predicted octanol–water partition coefficient (Wildman–Crippen LogP) is 1.49. The van der Waals surface area contributed by atoms with Gasteiger partial charge in [-0.25, -0.2) is 4.98 Å². The van der Waals surface area contributed by atoms with Crippen LogP contribution in [0.5, 0.6) is 0 Å². The summed E-state index contributed by atoms with van der Waals surface area (Å²) in [6, 6.07) is 3.37. The molecule has 0 saturated heterocycles. The van der Waals surface area contributed by atoms with Crippen LogP contribution in [0.2, 0.25) is 0 Å². The van der Waals surface area contributed by atoms with E-state index >= 15 is 0 Å². The number of hydrogen-bond donors (Lipinski definition) is 3. The number of aryl methyl sites for hydroxylation is 2. The first-order valence-corrected chi connectivity index (χ1v) is 6.02. The van der Waals surface area contributed by atoms with Gasteiger partial charge in [-0.05, 0) is 38.0 Å². The van der Waals surface area contributed by atoms with Crippen molar-refractivity contribution in [3.8, 4) is 0 Å². The lowest BCUT2D eigenvalue weighted by Gasteiger charge is -2.13. The van der Waals surface area contributed by atoms with Crippen LogP contribution in [0.15, 0.2) is 18.5 Å². The van der Waals surface area contributed by atoms with Gasteiger partial charge in [-0.3, -0.25) is 9.89 Å². The molecule has 6 nitrogen and oxygen atoms in total.